The number of oxime groups is 1. The van der Waals surface area contributed by atoms with Crippen molar-refractivity contribution in [1.82, 2.24) is 10.2 Å². The average molecular weight is 644 g/mol. The molecule has 1 aromatic carbocycles. The Kier molecular flexibility index (Phi) is 9.35. The molecule has 0 unspecified atom stereocenters. The predicted molar refractivity (Wildman–Crippen MR) is 187 cm³/mol. The zero-order chi connectivity index (χ0) is 33.6. The smallest absolute Gasteiger partial charge is 0.260 e. The van der Waals surface area contributed by atoms with Gasteiger partial charge in [-0.15, -0.1) is 6.42 Å². The minimum atomic E-state index is -0.961. The fourth-order valence-corrected chi connectivity index (χ4v) is 11.0. The van der Waals surface area contributed by atoms with Crippen LogP contribution in [0.2, 0.25) is 0 Å². The second-order valence-corrected chi connectivity index (χ2v) is 16.2. The molecule has 1 aromatic rings. The number of fused-ring (bicyclic) bond motifs is 5. The van der Waals surface area contributed by atoms with E-state index in [-0.39, 0.29) is 28.8 Å². The summed E-state index contributed by atoms with van der Waals surface area (Å²) < 4.78 is 5.42. The predicted octanol–water partition coefficient (Wildman–Crippen LogP) is 6.50. The Morgan fingerprint density at radius 3 is 2.57 bits per heavy atom. The number of likely N-dealkylation sites (tertiary alicyclic amines) is 1. The molecule has 9 atom stereocenters. The van der Waals surface area contributed by atoms with Gasteiger partial charge in [0.1, 0.15) is 11.4 Å². The third kappa shape index (κ3) is 5.82. The zero-order valence-corrected chi connectivity index (χ0v) is 29.6. The van der Waals surface area contributed by atoms with Crippen molar-refractivity contribution in [2.45, 2.75) is 109 Å². The second-order valence-electron chi connectivity index (χ2n) is 16.2. The van der Waals surface area contributed by atoms with E-state index in [0.29, 0.717) is 36.3 Å². The van der Waals surface area contributed by atoms with Gasteiger partial charge in [0.25, 0.3) is 5.91 Å². The molecule has 4 fully saturated rings. The minimum Gasteiger partial charge on any atom is -0.497 e. The van der Waals surface area contributed by atoms with Gasteiger partial charge in [0.15, 0.2) is 6.61 Å². The Bertz CT molecular complexity index is 1430. The number of hydrogen-bond donors (Lipinski definition) is 2. The van der Waals surface area contributed by atoms with Crippen molar-refractivity contribution in [2.24, 2.45) is 39.7 Å². The van der Waals surface area contributed by atoms with E-state index in [1.807, 2.05) is 12.1 Å². The van der Waals surface area contributed by atoms with Crippen LogP contribution in [0.15, 0.2) is 41.1 Å². The van der Waals surface area contributed by atoms with Crippen LogP contribution in [-0.2, 0) is 15.0 Å². The molecule has 2 N–H and O–H groups in total. The van der Waals surface area contributed by atoms with E-state index in [2.05, 4.69) is 74.2 Å². The van der Waals surface area contributed by atoms with Crippen LogP contribution in [0.1, 0.15) is 97.5 Å². The van der Waals surface area contributed by atoms with Crippen molar-refractivity contribution in [1.29, 1.82) is 0 Å². The number of carbonyl (C=O) groups excluding carboxylic acids is 1. The van der Waals surface area contributed by atoms with Gasteiger partial charge in [0, 0.05) is 30.0 Å². The topological polar surface area (TPSA) is 83.4 Å². The number of allylic oxidation sites excluding steroid dienone is 2. The maximum atomic E-state index is 12.9. The largest absolute Gasteiger partial charge is 0.497 e. The number of nitrogens with one attached hydrogen (secondary N) is 1. The molecule has 1 heterocycles. The molecule has 6 rings (SSSR count). The summed E-state index contributed by atoms with van der Waals surface area (Å²) in [5, 5.41) is 18.9. The lowest BCUT2D eigenvalue weighted by molar-refractivity contribution is -0.125. The van der Waals surface area contributed by atoms with Gasteiger partial charge in [0.05, 0.1) is 12.8 Å². The molecule has 7 nitrogen and oxygen atoms in total. The van der Waals surface area contributed by atoms with Gasteiger partial charge < -0.3 is 24.9 Å². The van der Waals surface area contributed by atoms with E-state index in [4.69, 9.17) is 16.0 Å². The number of amides is 1. The number of hydrogen-bond acceptors (Lipinski definition) is 6. The summed E-state index contributed by atoms with van der Waals surface area (Å²) in [6, 6.07) is 8.95. The normalized spacial score (nSPS) is 40.8. The summed E-state index contributed by atoms with van der Waals surface area (Å²) in [4.78, 5) is 21.0. The second kappa shape index (κ2) is 12.9. The molecule has 0 bridgehead atoms. The van der Waals surface area contributed by atoms with Crippen LogP contribution in [0.25, 0.3) is 0 Å². The highest BCUT2D eigenvalue weighted by atomic mass is 16.6. The number of nitrogens with zero attached hydrogens (tertiary/aromatic N) is 2. The lowest BCUT2D eigenvalue weighted by Crippen LogP contribution is -2.54. The van der Waals surface area contributed by atoms with Crippen LogP contribution in [0.4, 0.5) is 0 Å². The number of terminal acetylenes is 1. The summed E-state index contributed by atoms with van der Waals surface area (Å²) in [5.41, 5.74) is 2.74. The lowest BCUT2D eigenvalue weighted by Gasteiger charge is -2.58. The molecule has 3 saturated carbocycles. The summed E-state index contributed by atoms with van der Waals surface area (Å²) >= 11 is 0. The quantitative estimate of drug-likeness (QED) is 0.250. The highest BCUT2D eigenvalue weighted by Crippen LogP contribution is 2.67. The molecule has 47 heavy (non-hydrogen) atoms. The molecule has 0 radical (unpaired) electrons. The van der Waals surface area contributed by atoms with Crippen LogP contribution in [0.5, 0.6) is 5.75 Å². The Hall–Kier alpha value is -2.82. The summed E-state index contributed by atoms with van der Waals surface area (Å²) in [6.45, 7) is 10.9. The highest BCUT2D eigenvalue weighted by Gasteiger charge is 2.63. The first kappa shape index (κ1) is 34.1. The van der Waals surface area contributed by atoms with E-state index in [9.17, 15) is 9.90 Å². The summed E-state index contributed by atoms with van der Waals surface area (Å²) in [5.74, 6) is 5.70. The molecular formula is C40H57N3O4. The summed E-state index contributed by atoms with van der Waals surface area (Å²) in [6.07, 6.45) is 18.0. The molecule has 0 aromatic heterocycles. The average Bonchev–Trinajstić information content (AvgIpc) is 3.34. The molecular weight excluding hydrogens is 586 g/mol. The number of aliphatic hydroxyl groups is 1. The molecule has 4 aliphatic carbocycles. The Balaban J connectivity index is 1.04. The first-order valence-corrected chi connectivity index (χ1v) is 18.1. The fourth-order valence-electron chi connectivity index (χ4n) is 11.0. The van der Waals surface area contributed by atoms with Crippen molar-refractivity contribution >= 4 is 11.6 Å². The van der Waals surface area contributed by atoms with Gasteiger partial charge in [-0.05, 0) is 131 Å². The molecule has 7 heteroatoms. The van der Waals surface area contributed by atoms with Gasteiger partial charge in [-0.25, -0.2) is 0 Å². The molecule has 1 amide bonds. The van der Waals surface area contributed by atoms with Gasteiger partial charge in [0.2, 0.25) is 0 Å². The van der Waals surface area contributed by atoms with Crippen LogP contribution >= 0.6 is 0 Å². The van der Waals surface area contributed by atoms with E-state index < -0.39 is 5.60 Å². The van der Waals surface area contributed by atoms with E-state index in [1.165, 1.54) is 11.1 Å². The third-order valence-electron chi connectivity index (χ3n) is 14.2. The van der Waals surface area contributed by atoms with Crippen molar-refractivity contribution in [3.05, 3.63) is 41.5 Å². The van der Waals surface area contributed by atoms with Crippen LogP contribution in [-0.4, -0.2) is 67.1 Å². The van der Waals surface area contributed by atoms with Crippen molar-refractivity contribution in [3.63, 3.8) is 0 Å². The van der Waals surface area contributed by atoms with Gasteiger partial charge in [-0.2, -0.15) is 0 Å². The molecule has 1 saturated heterocycles. The van der Waals surface area contributed by atoms with Gasteiger partial charge >= 0.3 is 0 Å². The number of carbonyl (C=O) groups is 1. The fraction of sp³-hybridized carbons (Fsp3) is 0.700. The van der Waals surface area contributed by atoms with E-state index in [0.717, 1.165) is 82.2 Å². The van der Waals surface area contributed by atoms with Crippen molar-refractivity contribution in [2.75, 3.05) is 33.9 Å². The Labute approximate surface area is 282 Å². The maximum absolute atomic E-state index is 12.9. The van der Waals surface area contributed by atoms with Crippen LogP contribution in [0.3, 0.4) is 0 Å². The molecule has 0 spiro atoms. The van der Waals surface area contributed by atoms with Crippen LogP contribution in [0, 0.1) is 46.8 Å². The standard InChI is InChI=1S/C40H57N3O4/c1-8-40(45)20-17-35-33-14-11-30-23-31(15-18-37(30,4)34(33)16-19-38(35,40)5)42-47-26-36(44)41-22-21-39(24-28(3)43(6)25-27(39)2)29-9-12-32(46-7)13-10-29/h1,9-10,12-13,23,27-28,33-35,45H,11,14-22,24-26H2,2-7H3,(H,41,44)/t27-,28+,33-,34-,35-,37+,38+,39+,40+/m1/s1. The first-order chi connectivity index (χ1) is 22.4. The molecule has 1 aliphatic heterocycles. The van der Waals surface area contributed by atoms with Crippen molar-refractivity contribution in [3.8, 4) is 18.1 Å². The van der Waals surface area contributed by atoms with Crippen molar-refractivity contribution < 1.29 is 19.5 Å². The number of methoxy groups -OCH3 is 1. The Morgan fingerprint density at radius 1 is 1.11 bits per heavy atom. The van der Waals surface area contributed by atoms with Crippen LogP contribution < -0.4 is 10.1 Å². The maximum Gasteiger partial charge on any atom is 0.260 e. The first-order valence-electron chi connectivity index (χ1n) is 18.1. The number of benzene rings is 1. The molecule has 5 aliphatic rings. The minimum absolute atomic E-state index is 0.0241. The summed E-state index contributed by atoms with van der Waals surface area (Å²) in [7, 11) is 3.90. The zero-order valence-electron chi connectivity index (χ0n) is 29.6. The van der Waals surface area contributed by atoms with E-state index in [1.54, 1.807) is 7.11 Å². The highest BCUT2D eigenvalue weighted by molar-refractivity contribution is 5.96. The lowest BCUT2D eigenvalue weighted by atomic mass is 9.46. The number of rotatable bonds is 8. The van der Waals surface area contributed by atoms with Gasteiger partial charge in [-0.1, -0.05) is 49.6 Å². The number of ether oxygens (including phenoxy) is 1. The third-order valence-corrected chi connectivity index (χ3v) is 14.2. The SMILES string of the molecule is C#C[C@]1(O)CC[C@@H]2[C@@H]3CCC4=CC(=NOCC(=O)NCC[C@]5(c6ccc(OC)cc6)C[C@H](C)N(C)C[C@H]5C)CC[C@]4(C)[C@@H]3CC[C@@]21C. The number of piperidine rings is 1. The van der Waals surface area contributed by atoms with Gasteiger partial charge in [-0.3, -0.25) is 4.79 Å². The Morgan fingerprint density at radius 2 is 1.85 bits per heavy atom. The van der Waals surface area contributed by atoms with E-state index >= 15 is 0 Å². The monoisotopic (exact) mass is 643 g/mol. The molecule has 256 valence electrons.